The normalized spacial score (nSPS) is 13.3. The third-order valence-electron chi connectivity index (χ3n) is 2.54. The van der Waals surface area contributed by atoms with Crippen molar-refractivity contribution in [3.8, 4) is 0 Å². The molecule has 0 spiro atoms. The number of carbonyl (C=O) groups excluding carboxylic acids is 2. The zero-order chi connectivity index (χ0) is 15.2. The van der Waals surface area contributed by atoms with Gasteiger partial charge in [0, 0.05) is 20.6 Å². The molecule has 0 saturated heterocycles. The van der Waals surface area contributed by atoms with E-state index in [1.54, 1.807) is 21.0 Å². The highest BCUT2D eigenvalue weighted by molar-refractivity contribution is 5.84. The molecule has 0 heterocycles. The van der Waals surface area contributed by atoms with Crippen LogP contribution < -0.4 is 5.32 Å². The van der Waals surface area contributed by atoms with E-state index in [-0.39, 0.29) is 12.5 Å². The van der Waals surface area contributed by atoms with Crippen LogP contribution in [-0.4, -0.2) is 77.3 Å². The van der Waals surface area contributed by atoms with Crippen LogP contribution in [-0.2, 0) is 9.59 Å². The van der Waals surface area contributed by atoms with Crippen LogP contribution in [0, 0.1) is 0 Å². The molecule has 0 aliphatic carbocycles. The zero-order valence-electron chi connectivity index (χ0n) is 11.6. The highest BCUT2D eigenvalue weighted by atomic mass is 16.4. The Kier molecular flexibility index (Phi) is 6.26. The average Bonchev–Trinajstić information content (AvgIpc) is 2.32. The van der Waals surface area contributed by atoms with Gasteiger partial charge in [0.05, 0.1) is 6.54 Å². The SMILES string of the molecule is CCN(CC(=O)N(C)C)C(=O)NCC(C)(O)C(=O)O. The van der Waals surface area contributed by atoms with Crippen molar-refractivity contribution in [3.63, 3.8) is 0 Å². The Morgan fingerprint density at radius 2 is 1.79 bits per heavy atom. The maximum Gasteiger partial charge on any atom is 0.337 e. The van der Waals surface area contributed by atoms with Gasteiger partial charge in [0.25, 0.3) is 0 Å². The van der Waals surface area contributed by atoms with Crippen molar-refractivity contribution >= 4 is 17.9 Å². The molecule has 0 aliphatic heterocycles. The molecule has 0 aliphatic rings. The third kappa shape index (κ3) is 5.56. The second kappa shape index (κ2) is 6.93. The molecule has 0 rings (SSSR count). The monoisotopic (exact) mass is 275 g/mol. The predicted octanol–water partition coefficient (Wildman–Crippen LogP) is -1.06. The number of urea groups is 1. The maximum absolute atomic E-state index is 11.7. The molecule has 3 N–H and O–H groups in total. The first-order valence-electron chi connectivity index (χ1n) is 5.80. The van der Waals surface area contributed by atoms with E-state index in [4.69, 9.17) is 5.11 Å². The minimum atomic E-state index is -2.04. The lowest BCUT2D eigenvalue weighted by Crippen LogP contribution is -2.51. The third-order valence-corrected chi connectivity index (χ3v) is 2.54. The second-order valence-electron chi connectivity index (χ2n) is 4.54. The average molecular weight is 275 g/mol. The van der Waals surface area contributed by atoms with Crippen molar-refractivity contribution in [1.29, 1.82) is 0 Å². The van der Waals surface area contributed by atoms with E-state index in [2.05, 4.69) is 5.32 Å². The van der Waals surface area contributed by atoms with E-state index in [0.29, 0.717) is 6.54 Å². The van der Waals surface area contributed by atoms with Crippen LogP contribution in [0.5, 0.6) is 0 Å². The largest absolute Gasteiger partial charge is 0.479 e. The number of carbonyl (C=O) groups is 3. The predicted molar refractivity (Wildman–Crippen MR) is 67.6 cm³/mol. The number of amides is 3. The molecule has 110 valence electrons. The highest BCUT2D eigenvalue weighted by Crippen LogP contribution is 2.01. The van der Waals surface area contributed by atoms with Gasteiger partial charge < -0.3 is 25.3 Å². The quantitative estimate of drug-likeness (QED) is 0.572. The first-order chi connectivity index (χ1) is 8.61. The number of nitrogens with one attached hydrogen (secondary N) is 1. The number of carboxylic acids is 1. The van der Waals surface area contributed by atoms with Crippen LogP contribution >= 0.6 is 0 Å². The lowest BCUT2D eigenvalue weighted by atomic mass is 10.1. The molecule has 1 atom stereocenters. The molecule has 8 heteroatoms. The fraction of sp³-hybridized carbons (Fsp3) is 0.727. The Balaban J connectivity index is 4.46. The van der Waals surface area contributed by atoms with Gasteiger partial charge in [0.15, 0.2) is 5.60 Å². The van der Waals surface area contributed by atoms with E-state index in [1.807, 2.05) is 0 Å². The van der Waals surface area contributed by atoms with Crippen molar-refractivity contribution in [2.45, 2.75) is 19.4 Å². The Labute approximate surface area is 112 Å². The Morgan fingerprint density at radius 1 is 1.26 bits per heavy atom. The first-order valence-corrected chi connectivity index (χ1v) is 5.80. The van der Waals surface area contributed by atoms with Crippen LogP contribution in [0.25, 0.3) is 0 Å². The van der Waals surface area contributed by atoms with Gasteiger partial charge in [-0.1, -0.05) is 0 Å². The van der Waals surface area contributed by atoms with Crippen molar-refractivity contribution in [2.75, 3.05) is 33.7 Å². The van der Waals surface area contributed by atoms with Crippen molar-refractivity contribution in [1.82, 2.24) is 15.1 Å². The van der Waals surface area contributed by atoms with Gasteiger partial charge in [-0.25, -0.2) is 9.59 Å². The van der Waals surface area contributed by atoms with Crippen molar-refractivity contribution in [3.05, 3.63) is 0 Å². The van der Waals surface area contributed by atoms with Crippen molar-refractivity contribution < 1.29 is 24.6 Å². The van der Waals surface area contributed by atoms with E-state index in [9.17, 15) is 19.5 Å². The number of rotatable bonds is 6. The second-order valence-corrected chi connectivity index (χ2v) is 4.54. The Morgan fingerprint density at radius 3 is 2.16 bits per heavy atom. The standard InChI is InChI=1S/C11H21N3O5/c1-5-14(6-8(15)13(3)4)10(18)12-7-11(2,19)9(16)17/h19H,5-7H2,1-4H3,(H,12,18)(H,16,17). The van der Waals surface area contributed by atoms with Gasteiger partial charge in [0.2, 0.25) is 5.91 Å². The molecular weight excluding hydrogens is 254 g/mol. The molecule has 8 nitrogen and oxygen atoms in total. The molecule has 19 heavy (non-hydrogen) atoms. The summed E-state index contributed by atoms with van der Waals surface area (Å²) in [6.45, 7) is 2.52. The summed E-state index contributed by atoms with van der Waals surface area (Å²) in [6.07, 6.45) is 0. The molecule has 0 radical (unpaired) electrons. The summed E-state index contributed by atoms with van der Waals surface area (Å²) < 4.78 is 0. The fourth-order valence-corrected chi connectivity index (χ4v) is 1.07. The number of nitrogens with zero attached hydrogens (tertiary/aromatic N) is 2. The molecule has 0 bridgehead atoms. The van der Waals surface area contributed by atoms with Crippen molar-refractivity contribution in [2.24, 2.45) is 0 Å². The minimum absolute atomic E-state index is 0.107. The summed E-state index contributed by atoms with van der Waals surface area (Å²) in [7, 11) is 3.15. The van der Waals surface area contributed by atoms with E-state index < -0.39 is 24.1 Å². The summed E-state index contributed by atoms with van der Waals surface area (Å²) in [5.41, 5.74) is -2.04. The molecule has 0 saturated carbocycles. The zero-order valence-corrected chi connectivity index (χ0v) is 11.6. The lowest BCUT2D eigenvalue weighted by molar-refractivity contribution is -0.155. The molecule has 1 unspecified atom stereocenters. The molecule has 0 aromatic heterocycles. The maximum atomic E-state index is 11.7. The van der Waals surface area contributed by atoms with E-state index >= 15 is 0 Å². The summed E-state index contributed by atoms with van der Waals surface area (Å²) in [5.74, 6) is -1.68. The Hall–Kier alpha value is -1.83. The summed E-state index contributed by atoms with van der Waals surface area (Å²) >= 11 is 0. The van der Waals surface area contributed by atoms with Crippen LogP contribution in [0.15, 0.2) is 0 Å². The van der Waals surface area contributed by atoms with Gasteiger partial charge in [-0.15, -0.1) is 0 Å². The van der Waals surface area contributed by atoms with Gasteiger partial charge >= 0.3 is 12.0 Å². The number of hydrogen-bond donors (Lipinski definition) is 3. The topological polar surface area (TPSA) is 110 Å². The van der Waals surface area contributed by atoms with Gasteiger partial charge in [0.1, 0.15) is 6.54 Å². The lowest BCUT2D eigenvalue weighted by Gasteiger charge is -2.25. The van der Waals surface area contributed by atoms with Gasteiger partial charge in [-0.3, -0.25) is 4.79 Å². The van der Waals surface area contributed by atoms with E-state index in [0.717, 1.165) is 6.92 Å². The number of likely N-dealkylation sites (N-methyl/N-ethyl adjacent to an activating group) is 2. The highest BCUT2D eigenvalue weighted by Gasteiger charge is 2.31. The number of aliphatic carboxylic acids is 1. The van der Waals surface area contributed by atoms with Crippen LogP contribution in [0.3, 0.4) is 0 Å². The number of hydrogen-bond acceptors (Lipinski definition) is 4. The van der Waals surface area contributed by atoms with Crippen LogP contribution in [0.2, 0.25) is 0 Å². The van der Waals surface area contributed by atoms with E-state index in [1.165, 1.54) is 9.80 Å². The summed E-state index contributed by atoms with van der Waals surface area (Å²) in [4.78, 5) is 36.5. The number of carboxylic acid groups (broad SMARTS) is 1. The molecule has 0 aromatic carbocycles. The Bertz CT molecular complexity index is 354. The molecular formula is C11H21N3O5. The molecule has 0 aromatic rings. The first kappa shape index (κ1) is 17.2. The fourth-order valence-electron chi connectivity index (χ4n) is 1.07. The summed E-state index contributed by atoms with van der Waals surface area (Å²) in [5, 5.41) is 20.4. The van der Waals surface area contributed by atoms with Crippen LogP contribution in [0.4, 0.5) is 4.79 Å². The van der Waals surface area contributed by atoms with Crippen LogP contribution in [0.1, 0.15) is 13.8 Å². The summed E-state index contributed by atoms with van der Waals surface area (Å²) in [6, 6.07) is -0.598. The van der Waals surface area contributed by atoms with Gasteiger partial charge in [-0.2, -0.15) is 0 Å². The number of aliphatic hydroxyl groups is 1. The smallest absolute Gasteiger partial charge is 0.337 e. The van der Waals surface area contributed by atoms with Gasteiger partial charge in [-0.05, 0) is 13.8 Å². The molecule has 0 fully saturated rings. The molecule has 3 amide bonds. The minimum Gasteiger partial charge on any atom is -0.479 e.